The highest BCUT2D eigenvalue weighted by Gasteiger charge is 2.31. The Balaban J connectivity index is 2.15. The second-order valence-corrected chi connectivity index (χ2v) is 3.99. The van der Waals surface area contributed by atoms with E-state index in [-0.39, 0.29) is 23.2 Å². The largest absolute Gasteiger partial charge is 0.417 e. The van der Waals surface area contributed by atoms with E-state index in [9.17, 15) is 13.2 Å². The molecule has 0 unspecified atom stereocenters. The maximum Gasteiger partial charge on any atom is 0.417 e. The van der Waals surface area contributed by atoms with Crippen LogP contribution in [0.4, 0.5) is 19.1 Å². The summed E-state index contributed by atoms with van der Waals surface area (Å²) in [5.41, 5.74) is -0.662. The van der Waals surface area contributed by atoms with Gasteiger partial charge in [0.1, 0.15) is 5.15 Å². The molecule has 2 aromatic heterocycles. The zero-order chi connectivity index (χ0) is 14.0. The minimum atomic E-state index is -4.46. The van der Waals surface area contributed by atoms with Crippen molar-refractivity contribution in [1.82, 2.24) is 25.2 Å². The van der Waals surface area contributed by atoms with E-state index in [1.807, 2.05) is 0 Å². The average molecular weight is 293 g/mol. The summed E-state index contributed by atoms with van der Waals surface area (Å²) in [6.45, 7) is 0.0153. The van der Waals surface area contributed by atoms with Crippen LogP contribution in [-0.4, -0.2) is 25.2 Å². The van der Waals surface area contributed by atoms with Crippen LogP contribution in [0, 0.1) is 0 Å². The molecule has 0 bridgehead atoms. The zero-order valence-electron chi connectivity index (χ0n) is 9.61. The van der Waals surface area contributed by atoms with Crippen LogP contribution in [0.15, 0.2) is 12.3 Å². The van der Waals surface area contributed by atoms with Gasteiger partial charge >= 0.3 is 6.18 Å². The molecule has 10 heteroatoms. The van der Waals surface area contributed by atoms with Gasteiger partial charge in [-0.15, -0.1) is 5.10 Å². The van der Waals surface area contributed by atoms with E-state index in [1.54, 1.807) is 7.05 Å². The fraction of sp³-hybridized carbons (Fsp3) is 0.333. The molecule has 0 radical (unpaired) electrons. The number of tetrazole rings is 1. The number of aryl methyl sites for hydroxylation is 1. The molecule has 2 heterocycles. The minimum absolute atomic E-state index is 0.00982. The van der Waals surface area contributed by atoms with E-state index >= 15 is 0 Å². The Labute approximate surface area is 110 Å². The lowest BCUT2D eigenvalue weighted by Crippen LogP contribution is -2.09. The molecular weight excluding hydrogens is 285 g/mol. The third-order valence-corrected chi connectivity index (χ3v) is 2.52. The molecule has 6 nitrogen and oxygen atoms in total. The van der Waals surface area contributed by atoms with Crippen molar-refractivity contribution in [1.29, 1.82) is 0 Å². The van der Waals surface area contributed by atoms with Crippen LogP contribution in [0.1, 0.15) is 11.1 Å². The van der Waals surface area contributed by atoms with E-state index in [2.05, 4.69) is 25.7 Å². The molecule has 0 spiro atoms. The van der Waals surface area contributed by atoms with Crippen LogP contribution in [0.3, 0.4) is 0 Å². The molecule has 2 aromatic rings. The first-order valence-electron chi connectivity index (χ1n) is 5.06. The molecule has 0 aliphatic rings. The standard InChI is InChI=1S/C9H8ClF3N6/c1-19-17-8(16-18-19)15-3-5-2-6(9(11,12)13)4-14-7(5)10/h2,4H,3H2,1H3,(H,15,17). The Morgan fingerprint density at radius 3 is 2.74 bits per heavy atom. The first-order valence-corrected chi connectivity index (χ1v) is 5.43. The van der Waals surface area contributed by atoms with Gasteiger partial charge in [-0.2, -0.15) is 18.0 Å². The fourth-order valence-corrected chi connectivity index (χ4v) is 1.47. The molecule has 19 heavy (non-hydrogen) atoms. The SMILES string of the molecule is Cn1nnc(NCc2cc(C(F)(F)F)cnc2Cl)n1. The van der Waals surface area contributed by atoms with E-state index in [4.69, 9.17) is 11.6 Å². The van der Waals surface area contributed by atoms with Gasteiger partial charge in [0.05, 0.1) is 12.6 Å². The molecule has 0 saturated carbocycles. The van der Waals surface area contributed by atoms with Gasteiger partial charge in [0, 0.05) is 18.3 Å². The quantitative estimate of drug-likeness (QED) is 0.875. The molecule has 0 aliphatic heterocycles. The number of hydrogen-bond donors (Lipinski definition) is 1. The van der Waals surface area contributed by atoms with Gasteiger partial charge in [-0.25, -0.2) is 4.98 Å². The number of nitrogens with zero attached hydrogens (tertiary/aromatic N) is 5. The first kappa shape index (κ1) is 13.5. The highest BCUT2D eigenvalue weighted by molar-refractivity contribution is 6.30. The Morgan fingerprint density at radius 2 is 2.16 bits per heavy atom. The van der Waals surface area contributed by atoms with Gasteiger partial charge < -0.3 is 5.32 Å². The summed E-state index contributed by atoms with van der Waals surface area (Å²) in [4.78, 5) is 4.72. The Morgan fingerprint density at radius 1 is 1.42 bits per heavy atom. The lowest BCUT2D eigenvalue weighted by atomic mass is 10.2. The highest BCUT2D eigenvalue weighted by Crippen LogP contribution is 2.30. The van der Waals surface area contributed by atoms with E-state index in [0.29, 0.717) is 6.20 Å². The molecule has 0 saturated heterocycles. The number of rotatable bonds is 3. The minimum Gasteiger partial charge on any atom is -0.347 e. The monoisotopic (exact) mass is 292 g/mol. The van der Waals surface area contributed by atoms with Crippen LogP contribution in [0.25, 0.3) is 0 Å². The third kappa shape index (κ3) is 3.31. The Bertz CT molecular complexity index is 582. The van der Waals surface area contributed by atoms with Gasteiger partial charge in [-0.3, -0.25) is 0 Å². The molecule has 1 N–H and O–H groups in total. The predicted molar refractivity (Wildman–Crippen MR) is 60.4 cm³/mol. The molecule has 0 amide bonds. The van der Waals surface area contributed by atoms with Crippen molar-refractivity contribution in [2.45, 2.75) is 12.7 Å². The van der Waals surface area contributed by atoms with Crippen LogP contribution in [-0.2, 0) is 19.8 Å². The smallest absolute Gasteiger partial charge is 0.347 e. The summed E-state index contributed by atoms with van der Waals surface area (Å²) < 4.78 is 37.6. The summed E-state index contributed by atoms with van der Waals surface area (Å²) in [5.74, 6) is 0.191. The normalized spacial score (nSPS) is 11.6. The number of hydrogen-bond acceptors (Lipinski definition) is 5. The van der Waals surface area contributed by atoms with E-state index < -0.39 is 11.7 Å². The van der Waals surface area contributed by atoms with Crippen LogP contribution in [0.2, 0.25) is 5.15 Å². The van der Waals surface area contributed by atoms with Gasteiger partial charge in [0.2, 0.25) is 0 Å². The molecule has 0 atom stereocenters. The number of alkyl halides is 3. The number of pyridine rings is 1. The molecule has 2 rings (SSSR count). The maximum atomic E-state index is 12.5. The molecule has 0 aliphatic carbocycles. The lowest BCUT2D eigenvalue weighted by molar-refractivity contribution is -0.137. The molecule has 0 aromatic carbocycles. The van der Waals surface area contributed by atoms with Crippen LogP contribution < -0.4 is 5.32 Å². The van der Waals surface area contributed by atoms with Crippen molar-refractivity contribution in [3.05, 3.63) is 28.5 Å². The number of halogens is 4. The van der Waals surface area contributed by atoms with Gasteiger partial charge in [-0.1, -0.05) is 16.7 Å². The van der Waals surface area contributed by atoms with Crippen molar-refractivity contribution < 1.29 is 13.2 Å². The van der Waals surface area contributed by atoms with Crippen LogP contribution in [0.5, 0.6) is 0 Å². The summed E-state index contributed by atoms with van der Waals surface area (Å²) in [6, 6.07) is 0.929. The number of anilines is 1. The van der Waals surface area contributed by atoms with E-state index in [0.717, 1.165) is 6.07 Å². The lowest BCUT2D eigenvalue weighted by Gasteiger charge is -2.09. The Hall–Kier alpha value is -1.90. The third-order valence-electron chi connectivity index (χ3n) is 2.18. The molecular formula is C9H8ClF3N6. The summed E-state index contributed by atoms with van der Waals surface area (Å²) in [6.07, 6.45) is -3.77. The molecule has 102 valence electrons. The predicted octanol–water partition coefficient (Wildman–Crippen LogP) is 1.89. The van der Waals surface area contributed by atoms with Crippen molar-refractivity contribution in [3.8, 4) is 0 Å². The van der Waals surface area contributed by atoms with Crippen molar-refractivity contribution >= 4 is 17.5 Å². The van der Waals surface area contributed by atoms with Crippen LogP contribution >= 0.6 is 11.6 Å². The maximum absolute atomic E-state index is 12.5. The van der Waals surface area contributed by atoms with Gasteiger partial charge in [-0.05, 0) is 11.3 Å². The van der Waals surface area contributed by atoms with Crippen molar-refractivity contribution in [3.63, 3.8) is 0 Å². The van der Waals surface area contributed by atoms with Crippen molar-refractivity contribution in [2.75, 3.05) is 5.32 Å². The highest BCUT2D eigenvalue weighted by atomic mass is 35.5. The van der Waals surface area contributed by atoms with Crippen molar-refractivity contribution in [2.24, 2.45) is 7.05 Å². The number of aromatic nitrogens is 5. The Kier molecular flexibility index (Phi) is 3.56. The second kappa shape index (κ2) is 5.00. The summed E-state index contributed by atoms with van der Waals surface area (Å²) >= 11 is 5.74. The summed E-state index contributed by atoms with van der Waals surface area (Å²) in [7, 11) is 1.57. The van der Waals surface area contributed by atoms with Gasteiger partial charge in [0.15, 0.2) is 0 Å². The summed E-state index contributed by atoms with van der Waals surface area (Å²) in [5, 5.41) is 13.7. The first-order chi connectivity index (χ1) is 8.86. The second-order valence-electron chi connectivity index (χ2n) is 3.63. The average Bonchev–Trinajstić information content (AvgIpc) is 2.72. The van der Waals surface area contributed by atoms with Gasteiger partial charge in [0.25, 0.3) is 5.95 Å². The number of nitrogens with one attached hydrogen (secondary N) is 1. The topological polar surface area (TPSA) is 68.5 Å². The molecule has 0 fully saturated rings. The fourth-order valence-electron chi connectivity index (χ4n) is 1.30. The van der Waals surface area contributed by atoms with E-state index in [1.165, 1.54) is 4.80 Å². The zero-order valence-corrected chi connectivity index (χ0v) is 10.4.